The molecule has 1 N–H and O–H groups in total. The Hall–Kier alpha value is -0.210. The van der Waals surface area contributed by atoms with Crippen molar-refractivity contribution in [3.05, 3.63) is 27.7 Å². The third-order valence-corrected chi connectivity index (χ3v) is 5.17. The zero-order valence-corrected chi connectivity index (χ0v) is 14.3. The first-order chi connectivity index (χ1) is 8.86. The largest absolute Gasteiger partial charge is 0.381 e. The van der Waals surface area contributed by atoms with Crippen molar-refractivity contribution in [1.82, 2.24) is 0 Å². The van der Waals surface area contributed by atoms with E-state index in [1.807, 2.05) is 18.2 Å². The highest BCUT2D eigenvalue weighted by atomic mass is 79.9. The Morgan fingerprint density at radius 1 is 1.16 bits per heavy atom. The van der Waals surface area contributed by atoms with Crippen LogP contribution in [0.15, 0.2) is 22.7 Å². The van der Waals surface area contributed by atoms with Crippen molar-refractivity contribution >= 4 is 33.2 Å². The van der Waals surface area contributed by atoms with Crippen LogP contribution in [0.4, 0.5) is 5.69 Å². The van der Waals surface area contributed by atoms with Gasteiger partial charge in [-0.2, -0.15) is 0 Å². The van der Waals surface area contributed by atoms with E-state index in [2.05, 4.69) is 42.0 Å². The maximum Gasteiger partial charge on any atom is 0.0501 e. The number of benzene rings is 1. The second kappa shape index (κ2) is 6.05. The van der Waals surface area contributed by atoms with Gasteiger partial charge < -0.3 is 5.32 Å². The molecule has 0 aromatic heterocycles. The Bertz CT molecular complexity index is 431. The molecule has 2 rings (SSSR count). The van der Waals surface area contributed by atoms with Crippen molar-refractivity contribution < 1.29 is 0 Å². The summed E-state index contributed by atoms with van der Waals surface area (Å²) in [6, 6.07) is 6.49. The normalized spacial score (nSPS) is 24.3. The number of rotatable bonds is 2. The molecule has 1 aromatic carbocycles. The molecule has 0 spiro atoms. The molecule has 1 nitrogen and oxygen atoms in total. The Morgan fingerprint density at radius 3 is 2.37 bits per heavy atom. The van der Waals surface area contributed by atoms with Crippen molar-refractivity contribution in [2.75, 3.05) is 5.32 Å². The molecule has 0 saturated heterocycles. The molecule has 0 atom stereocenters. The van der Waals surface area contributed by atoms with E-state index in [4.69, 9.17) is 11.6 Å². The fraction of sp³-hybridized carbons (Fsp3) is 0.625. The molecule has 0 amide bonds. The van der Waals surface area contributed by atoms with Crippen LogP contribution in [0, 0.1) is 11.3 Å². The van der Waals surface area contributed by atoms with Gasteiger partial charge in [0.15, 0.2) is 0 Å². The van der Waals surface area contributed by atoms with Crippen molar-refractivity contribution in [3.63, 3.8) is 0 Å². The van der Waals surface area contributed by atoms with Crippen LogP contribution in [-0.2, 0) is 0 Å². The van der Waals surface area contributed by atoms with Crippen molar-refractivity contribution in [2.24, 2.45) is 11.3 Å². The molecule has 0 aliphatic heterocycles. The minimum atomic E-state index is 0.446. The van der Waals surface area contributed by atoms with Gasteiger partial charge in [0.25, 0.3) is 0 Å². The molecule has 0 bridgehead atoms. The zero-order chi connectivity index (χ0) is 14.0. The summed E-state index contributed by atoms with van der Waals surface area (Å²) in [5, 5.41) is 4.42. The fourth-order valence-corrected chi connectivity index (χ4v) is 3.46. The van der Waals surface area contributed by atoms with E-state index in [0.717, 1.165) is 21.1 Å². The van der Waals surface area contributed by atoms with Crippen LogP contribution in [0.2, 0.25) is 5.02 Å². The van der Waals surface area contributed by atoms with E-state index in [1.54, 1.807) is 0 Å². The predicted octanol–water partition coefficient (Wildman–Crippen LogP) is 6.12. The topological polar surface area (TPSA) is 12.0 Å². The van der Waals surface area contributed by atoms with Gasteiger partial charge in [0.05, 0.1) is 5.69 Å². The van der Waals surface area contributed by atoms with Crippen LogP contribution in [0.3, 0.4) is 0 Å². The first-order valence-electron chi connectivity index (χ1n) is 7.08. The highest BCUT2D eigenvalue weighted by molar-refractivity contribution is 9.10. The highest BCUT2D eigenvalue weighted by Gasteiger charge is 2.29. The molecular formula is C16H23BrClN. The molecule has 0 unspecified atom stereocenters. The maximum atomic E-state index is 6.06. The lowest BCUT2D eigenvalue weighted by atomic mass is 9.71. The number of hydrogen-bond donors (Lipinski definition) is 1. The SMILES string of the molecule is CC(C)(C)C1CCC(Nc2cc(Cl)ccc2Br)CC1. The van der Waals surface area contributed by atoms with Gasteiger partial charge in [0.2, 0.25) is 0 Å². The number of halogens is 2. The summed E-state index contributed by atoms with van der Waals surface area (Å²) in [4.78, 5) is 0. The van der Waals surface area contributed by atoms with Crippen molar-refractivity contribution in [3.8, 4) is 0 Å². The highest BCUT2D eigenvalue weighted by Crippen LogP contribution is 2.39. The minimum absolute atomic E-state index is 0.446. The van der Waals surface area contributed by atoms with E-state index in [-0.39, 0.29) is 0 Å². The second-order valence-corrected chi connectivity index (χ2v) is 7.97. The molecular weight excluding hydrogens is 322 g/mol. The third kappa shape index (κ3) is 4.13. The van der Waals surface area contributed by atoms with Crippen LogP contribution in [0.1, 0.15) is 46.5 Å². The van der Waals surface area contributed by atoms with E-state index in [9.17, 15) is 0 Å². The van der Waals surface area contributed by atoms with E-state index in [1.165, 1.54) is 25.7 Å². The molecule has 106 valence electrons. The van der Waals surface area contributed by atoms with Gasteiger partial charge in [0, 0.05) is 15.5 Å². The summed E-state index contributed by atoms with van der Waals surface area (Å²) in [6.07, 6.45) is 5.14. The average Bonchev–Trinajstić information content (AvgIpc) is 2.33. The van der Waals surface area contributed by atoms with E-state index < -0.39 is 0 Å². The van der Waals surface area contributed by atoms with Gasteiger partial charge in [-0.1, -0.05) is 32.4 Å². The molecule has 1 aromatic rings. The second-order valence-electron chi connectivity index (χ2n) is 6.68. The molecule has 1 aliphatic rings. The van der Waals surface area contributed by atoms with Crippen LogP contribution in [-0.4, -0.2) is 6.04 Å². The van der Waals surface area contributed by atoms with E-state index >= 15 is 0 Å². The molecule has 0 radical (unpaired) electrons. The standard InChI is InChI=1S/C16H23BrClN/c1-16(2,3)11-4-7-13(8-5-11)19-15-10-12(18)6-9-14(15)17/h6,9-11,13,19H,4-5,7-8H2,1-3H3. The molecule has 1 fully saturated rings. The van der Waals surface area contributed by atoms with E-state index in [0.29, 0.717) is 11.5 Å². The maximum absolute atomic E-state index is 6.06. The molecule has 0 heterocycles. The van der Waals surface area contributed by atoms with Gasteiger partial charge in [-0.05, 0) is 71.1 Å². The Labute approximate surface area is 130 Å². The quantitative estimate of drug-likeness (QED) is 0.681. The van der Waals surface area contributed by atoms with Gasteiger partial charge >= 0.3 is 0 Å². The predicted molar refractivity (Wildman–Crippen MR) is 88.0 cm³/mol. The van der Waals surface area contributed by atoms with Gasteiger partial charge in [-0.15, -0.1) is 0 Å². The Morgan fingerprint density at radius 2 is 1.79 bits per heavy atom. The van der Waals surface area contributed by atoms with Crippen molar-refractivity contribution in [2.45, 2.75) is 52.5 Å². The lowest BCUT2D eigenvalue weighted by Gasteiger charge is -2.37. The summed E-state index contributed by atoms with van der Waals surface area (Å²) in [7, 11) is 0. The number of anilines is 1. The summed E-state index contributed by atoms with van der Waals surface area (Å²) in [5.41, 5.74) is 1.56. The molecule has 1 aliphatic carbocycles. The average molecular weight is 345 g/mol. The number of nitrogens with one attached hydrogen (secondary N) is 1. The van der Waals surface area contributed by atoms with Crippen molar-refractivity contribution in [1.29, 1.82) is 0 Å². The molecule has 1 saturated carbocycles. The minimum Gasteiger partial charge on any atom is -0.381 e. The molecule has 3 heteroatoms. The fourth-order valence-electron chi connectivity index (χ4n) is 2.93. The summed E-state index contributed by atoms with van der Waals surface area (Å²) >= 11 is 9.64. The van der Waals surface area contributed by atoms with Crippen LogP contribution in [0.5, 0.6) is 0 Å². The summed E-state index contributed by atoms with van der Waals surface area (Å²) < 4.78 is 1.09. The zero-order valence-electron chi connectivity index (χ0n) is 12.0. The van der Waals surface area contributed by atoms with Crippen LogP contribution >= 0.6 is 27.5 Å². The summed E-state index contributed by atoms with van der Waals surface area (Å²) in [5.74, 6) is 0.855. The third-order valence-electron chi connectivity index (χ3n) is 4.24. The van der Waals surface area contributed by atoms with Gasteiger partial charge in [0.1, 0.15) is 0 Å². The van der Waals surface area contributed by atoms with Gasteiger partial charge in [-0.3, -0.25) is 0 Å². The molecule has 19 heavy (non-hydrogen) atoms. The Balaban J connectivity index is 1.94. The lowest BCUT2D eigenvalue weighted by molar-refractivity contribution is 0.173. The van der Waals surface area contributed by atoms with Crippen LogP contribution in [0.25, 0.3) is 0 Å². The monoisotopic (exact) mass is 343 g/mol. The lowest BCUT2D eigenvalue weighted by Crippen LogP contribution is -2.31. The number of hydrogen-bond acceptors (Lipinski definition) is 1. The van der Waals surface area contributed by atoms with Crippen LogP contribution < -0.4 is 5.32 Å². The van der Waals surface area contributed by atoms with Gasteiger partial charge in [-0.25, -0.2) is 0 Å². The summed E-state index contributed by atoms with van der Waals surface area (Å²) in [6.45, 7) is 7.08. The smallest absolute Gasteiger partial charge is 0.0501 e. The first-order valence-corrected chi connectivity index (χ1v) is 8.25. The Kier molecular flexibility index (Phi) is 4.84. The first kappa shape index (κ1) is 15.2.